The van der Waals surface area contributed by atoms with E-state index in [0.29, 0.717) is 6.54 Å². The Morgan fingerprint density at radius 2 is 2.30 bits per heavy atom. The fraction of sp³-hybridized carbons (Fsp3) is 0.333. The third-order valence-corrected chi connectivity index (χ3v) is 3.60. The highest BCUT2D eigenvalue weighted by Crippen LogP contribution is 2.18. The van der Waals surface area contributed by atoms with Crippen molar-refractivity contribution in [2.75, 3.05) is 18.4 Å². The van der Waals surface area contributed by atoms with E-state index in [1.165, 1.54) is 0 Å². The van der Waals surface area contributed by atoms with E-state index in [-0.39, 0.29) is 11.8 Å². The second-order valence-corrected chi connectivity index (χ2v) is 5.04. The van der Waals surface area contributed by atoms with Crippen molar-refractivity contribution in [2.24, 2.45) is 5.92 Å². The Labute approximate surface area is 118 Å². The van der Waals surface area contributed by atoms with Gasteiger partial charge in [-0.25, -0.2) is 0 Å². The molecular formula is C15H18N4O. The maximum atomic E-state index is 12.2. The first-order valence-electron chi connectivity index (χ1n) is 6.90. The average molecular weight is 270 g/mol. The summed E-state index contributed by atoms with van der Waals surface area (Å²) in [6, 6.07) is 9.77. The highest BCUT2D eigenvalue weighted by molar-refractivity contribution is 5.93. The van der Waals surface area contributed by atoms with Crippen molar-refractivity contribution in [3.63, 3.8) is 0 Å². The standard InChI is InChI=1S/C15H18N4O/c20-15(12-6-8-16-10-12)18-14-5-2-1-4-13(14)11-19-9-3-7-17-19/h1-5,7,9,12,16H,6,8,10-11H2,(H,18,20). The molecule has 0 saturated carbocycles. The van der Waals surface area contributed by atoms with E-state index < -0.39 is 0 Å². The van der Waals surface area contributed by atoms with Crippen LogP contribution in [0.3, 0.4) is 0 Å². The highest BCUT2D eigenvalue weighted by atomic mass is 16.1. The Bertz CT molecular complexity index is 573. The molecule has 1 unspecified atom stereocenters. The number of nitrogens with one attached hydrogen (secondary N) is 2. The second-order valence-electron chi connectivity index (χ2n) is 5.04. The van der Waals surface area contributed by atoms with Crippen molar-refractivity contribution in [2.45, 2.75) is 13.0 Å². The smallest absolute Gasteiger partial charge is 0.228 e. The van der Waals surface area contributed by atoms with E-state index in [4.69, 9.17) is 0 Å². The summed E-state index contributed by atoms with van der Waals surface area (Å²) in [4.78, 5) is 12.2. The zero-order chi connectivity index (χ0) is 13.8. The zero-order valence-electron chi connectivity index (χ0n) is 11.2. The van der Waals surface area contributed by atoms with E-state index in [0.717, 1.165) is 30.8 Å². The van der Waals surface area contributed by atoms with Gasteiger partial charge in [0.05, 0.1) is 12.5 Å². The highest BCUT2D eigenvalue weighted by Gasteiger charge is 2.22. The van der Waals surface area contributed by atoms with Crippen molar-refractivity contribution >= 4 is 11.6 Å². The number of hydrogen-bond donors (Lipinski definition) is 2. The maximum Gasteiger partial charge on any atom is 0.228 e. The molecule has 1 aromatic heterocycles. The predicted octanol–water partition coefficient (Wildman–Crippen LogP) is 1.48. The summed E-state index contributed by atoms with van der Waals surface area (Å²) < 4.78 is 1.85. The third kappa shape index (κ3) is 2.88. The summed E-state index contributed by atoms with van der Waals surface area (Å²) in [6.07, 6.45) is 4.58. The molecule has 1 fully saturated rings. The molecule has 0 radical (unpaired) electrons. The Morgan fingerprint density at radius 1 is 1.40 bits per heavy atom. The minimum Gasteiger partial charge on any atom is -0.325 e. The summed E-state index contributed by atoms with van der Waals surface area (Å²) in [5.74, 6) is 0.177. The van der Waals surface area contributed by atoms with Gasteiger partial charge in [-0.3, -0.25) is 9.48 Å². The van der Waals surface area contributed by atoms with Crippen molar-refractivity contribution in [3.05, 3.63) is 48.3 Å². The van der Waals surface area contributed by atoms with Gasteiger partial charge in [0.15, 0.2) is 0 Å². The molecule has 3 rings (SSSR count). The number of hydrogen-bond acceptors (Lipinski definition) is 3. The molecule has 5 heteroatoms. The van der Waals surface area contributed by atoms with Crippen LogP contribution in [0.2, 0.25) is 0 Å². The first-order chi connectivity index (χ1) is 9.83. The topological polar surface area (TPSA) is 59.0 Å². The second kappa shape index (κ2) is 5.88. The lowest BCUT2D eigenvalue weighted by Crippen LogP contribution is -2.25. The number of amides is 1. The first-order valence-corrected chi connectivity index (χ1v) is 6.90. The van der Waals surface area contributed by atoms with E-state index >= 15 is 0 Å². The van der Waals surface area contributed by atoms with Crippen molar-refractivity contribution < 1.29 is 4.79 Å². The minimum absolute atomic E-state index is 0.0766. The van der Waals surface area contributed by atoms with E-state index in [2.05, 4.69) is 15.7 Å². The molecule has 0 spiro atoms. The summed E-state index contributed by atoms with van der Waals surface area (Å²) >= 11 is 0. The number of carbonyl (C=O) groups excluding carboxylic acids is 1. The molecule has 20 heavy (non-hydrogen) atoms. The molecule has 1 atom stereocenters. The fourth-order valence-corrected chi connectivity index (χ4v) is 2.46. The predicted molar refractivity (Wildman–Crippen MR) is 77.4 cm³/mol. The number of aromatic nitrogens is 2. The molecule has 1 saturated heterocycles. The van der Waals surface area contributed by atoms with Gasteiger partial charge in [-0.1, -0.05) is 18.2 Å². The average Bonchev–Trinajstić information content (AvgIpc) is 3.13. The number of para-hydroxylation sites is 1. The molecule has 0 bridgehead atoms. The minimum atomic E-state index is 0.0766. The Morgan fingerprint density at radius 3 is 3.05 bits per heavy atom. The molecule has 1 amide bonds. The Kier molecular flexibility index (Phi) is 3.78. The molecule has 2 heterocycles. The number of benzene rings is 1. The quantitative estimate of drug-likeness (QED) is 0.884. The number of anilines is 1. The van der Waals surface area contributed by atoms with Crippen molar-refractivity contribution in [1.29, 1.82) is 0 Å². The van der Waals surface area contributed by atoms with E-state index in [1.807, 2.05) is 41.2 Å². The monoisotopic (exact) mass is 270 g/mol. The van der Waals surface area contributed by atoms with Crippen LogP contribution in [0.1, 0.15) is 12.0 Å². The van der Waals surface area contributed by atoms with Crippen LogP contribution in [-0.2, 0) is 11.3 Å². The maximum absolute atomic E-state index is 12.2. The van der Waals surface area contributed by atoms with E-state index in [9.17, 15) is 4.79 Å². The van der Waals surface area contributed by atoms with Crippen LogP contribution in [0.5, 0.6) is 0 Å². The van der Waals surface area contributed by atoms with Crippen LogP contribution >= 0.6 is 0 Å². The SMILES string of the molecule is O=C(Nc1ccccc1Cn1cccn1)C1CCNC1. The van der Waals surface area contributed by atoms with Gasteiger partial charge < -0.3 is 10.6 Å². The molecule has 1 aromatic carbocycles. The van der Waals surface area contributed by atoms with Crippen LogP contribution in [0.25, 0.3) is 0 Å². The Hall–Kier alpha value is -2.14. The van der Waals surface area contributed by atoms with Gasteiger partial charge in [0, 0.05) is 24.6 Å². The van der Waals surface area contributed by atoms with E-state index in [1.54, 1.807) is 6.20 Å². The van der Waals surface area contributed by atoms with Gasteiger partial charge in [0.2, 0.25) is 5.91 Å². The molecule has 2 aromatic rings. The Balaban J connectivity index is 1.73. The van der Waals surface area contributed by atoms with Gasteiger partial charge in [0.25, 0.3) is 0 Å². The number of carbonyl (C=O) groups is 1. The lowest BCUT2D eigenvalue weighted by molar-refractivity contribution is -0.119. The summed E-state index contributed by atoms with van der Waals surface area (Å²) in [7, 11) is 0. The van der Waals surface area contributed by atoms with Crippen LogP contribution in [0, 0.1) is 5.92 Å². The van der Waals surface area contributed by atoms with Gasteiger partial charge in [0.1, 0.15) is 0 Å². The molecular weight excluding hydrogens is 252 g/mol. The zero-order valence-corrected chi connectivity index (χ0v) is 11.2. The summed E-state index contributed by atoms with van der Waals surface area (Å²) in [5.41, 5.74) is 1.94. The van der Waals surface area contributed by atoms with Crippen LogP contribution in [0.15, 0.2) is 42.7 Å². The van der Waals surface area contributed by atoms with Crippen molar-refractivity contribution in [3.8, 4) is 0 Å². The van der Waals surface area contributed by atoms with Crippen LogP contribution in [-0.4, -0.2) is 28.8 Å². The molecule has 1 aliphatic heterocycles. The van der Waals surface area contributed by atoms with Crippen molar-refractivity contribution in [1.82, 2.24) is 15.1 Å². The lowest BCUT2D eigenvalue weighted by Gasteiger charge is -2.13. The molecule has 0 aliphatic carbocycles. The van der Waals surface area contributed by atoms with Gasteiger partial charge >= 0.3 is 0 Å². The van der Waals surface area contributed by atoms with Crippen LogP contribution in [0.4, 0.5) is 5.69 Å². The summed E-state index contributed by atoms with van der Waals surface area (Å²) in [5, 5.41) is 10.5. The van der Waals surface area contributed by atoms with Gasteiger partial charge in [-0.15, -0.1) is 0 Å². The largest absolute Gasteiger partial charge is 0.325 e. The molecule has 5 nitrogen and oxygen atoms in total. The number of rotatable bonds is 4. The lowest BCUT2D eigenvalue weighted by atomic mass is 10.1. The molecule has 2 N–H and O–H groups in total. The van der Waals surface area contributed by atoms with Crippen LogP contribution < -0.4 is 10.6 Å². The first kappa shape index (κ1) is 12.9. The molecule has 1 aliphatic rings. The summed E-state index contributed by atoms with van der Waals surface area (Å²) in [6.45, 7) is 2.35. The molecule has 104 valence electrons. The normalized spacial score (nSPS) is 18.1. The van der Waals surface area contributed by atoms with Gasteiger partial charge in [-0.05, 0) is 30.7 Å². The number of nitrogens with zero attached hydrogens (tertiary/aromatic N) is 2. The fourth-order valence-electron chi connectivity index (χ4n) is 2.46. The van der Waals surface area contributed by atoms with Gasteiger partial charge in [-0.2, -0.15) is 5.10 Å². The third-order valence-electron chi connectivity index (χ3n) is 3.60.